The zero-order chi connectivity index (χ0) is 24.9. The van der Waals surface area contributed by atoms with Crippen molar-refractivity contribution in [2.45, 2.75) is 38.3 Å². The first-order chi connectivity index (χ1) is 17.6. The normalized spacial score (nSPS) is 17.8. The van der Waals surface area contributed by atoms with E-state index >= 15 is 0 Å². The number of hydrogen-bond donors (Lipinski definition) is 1. The average Bonchev–Trinajstić information content (AvgIpc) is 2.93. The van der Waals surface area contributed by atoms with E-state index in [4.69, 9.17) is 4.74 Å². The van der Waals surface area contributed by atoms with Crippen LogP contribution in [-0.2, 0) is 11.3 Å². The van der Waals surface area contributed by atoms with Crippen molar-refractivity contribution in [3.63, 3.8) is 0 Å². The molecule has 36 heavy (non-hydrogen) atoms. The zero-order valence-electron chi connectivity index (χ0n) is 21.0. The van der Waals surface area contributed by atoms with Crippen molar-refractivity contribution in [2.24, 2.45) is 5.92 Å². The van der Waals surface area contributed by atoms with Crippen molar-refractivity contribution >= 4 is 22.6 Å². The molecule has 0 radical (unpaired) electrons. The Morgan fingerprint density at radius 2 is 1.61 bits per heavy atom. The fraction of sp³-hybridized carbons (Fsp3) is 0.400. The van der Waals surface area contributed by atoms with Gasteiger partial charge in [-0.1, -0.05) is 48.5 Å². The van der Waals surface area contributed by atoms with Gasteiger partial charge in [-0.2, -0.15) is 0 Å². The Morgan fingerprint density at radius 3 is 2.39 bits per heavy atom. The number of benzene rings is 3. The quantitative estimate of drug-likeness (QED) is 0.559. The second-order valence-electron chi connectivity index (χ2n) is 10.0. The maximum absolute atomic E-state index is 13.2. The van der Waals surface area contributed by atoms with Crippen LogP contribution in [0, 0.1) is 5.92 Å². The minimum absolute atomic E-state index is 0.0172. The number of carbonyl (C=O) groups is 2. The average molecular weight is 486 g/mol. The summed E-state index contributed by atoms with van der Waals surface area (Å²) in [6.45, 7) is 4.10. The van der Waals surface area contributed by atoms with E-state index in [0.29, 0.717) is 13.1 Å². The Labute approximate surface area is 213 Å². The van der Waals surface area contributed by atoms with Gasteiger partial charge < -0.3 is 15.0 Å². The smallest absolute Gasteiger partial charge is 0.254 e. The van der Waals surface area contributed by atoms with E-state index in [9.17, 15) is 9.59 Å². The number of ether oxygens (including phenoxy) is 1. The topological polar surface area (TPSA) is 61.9 Å². The van der Waals surface area contributed by atoms with E-state index in [1.165, 1.54) is 5.56 Å². The second kappa shape index (κ2) is 11.1. The van der Waals surface area contributed by atoms with Crippen molar-refractivity contribution in [3.05, 3.63) is 77.9 Å². The molecule has 5 rings (SSSR count). The van der Waals surface area contributed by atoms with E-state index in [-0.39, 0.29) is 23.8 Å². The van der Waals surface area contributed by atoms with E-state index < -0.39 is 0 Å². The molecule has 0 aromatic heterocycles. The molecule has 0 saturated carbocycles. The van der Waals surface area contributed by atoms with Crippen LogP contribution in [0.4, 0.5) is 0 Å². The Balaban J connectivity index is 1.08. The molecule has 6 heteroatoms. The Kier molecular flexibility index (Phi) is 7.52. The SMILES string of the molecule is COc1cccc(CN2CCC(NC(=O)C3CCN(C(=O)c4cccc5ccccc45)CC3)CC2)c1. The van der Waals surface area contributed by atoms with Crippen LogP contribution in [0.25, 0.3) is 10.8 Å². The van der Waals surface area contributed by atoms with E-state index in [1.54, 1.807) is 7.11 Å². The second-order valence-corrected chi connectivity index (χ2v) is 10.0. The summed E-state index contributed by atoms with van der Waals surface area (Å²) in [5, 5.41) is 5.37. The monoisotopic (exact) mass is 485 g/mol. The number of amides is 2. The van der Waals surface area contributed by atoms with Gasteiger partial charge in [-0.15, -0.1) is 0 Å². The highest BCUT2D eigenvalue weighted by Crippen LogP contribution is 2.24. The molecular weight excluding hydrogens is 450 g/mol. The summed E-state index contributed by atoms with van der Waals surface area (Å²) in [7, 11) is 1.69. The number of piperidine rings is 2. The minimum atomic E-state index is -0.0172. The molecule has 0 spiro atoms. The molecule has 2 aliphatic rings. The van der Waals surface area contributed by atoms with Crippen molar-refractivity contribution in [2.75, 3.05) is 33.3 Å². The van der Waals surface area contributed by atoms with Crippen molar-refractivity contribution < 1.29 is 14.3 Å². The largest absolute Gasteiger partial charge is 0.497 e. The van der Waals surface area contributed by atoms with E-state index in [1.807, 2.05) is 59.5 Å². The lowest BCUT2D eigenvalue weighted by Gasteiger charge is -2.35. The molecule has 6 nitrogen and oxygen atoms in total. The number of fused-ring (bicyclic) bond motifs is 1. The van der Waals surface area contributed by atoms with Crippen LogP contribution in [0.15, 0.2) is 66.7 Å². The van der Waals surface area contributed by atoms with Crippen LogP contribution < -0.4 is 10.1 Å². The van der Waals surface area contributed by atoms with Gasteiger partial charge in [0.25, 0.3) is 5.91 Å². The third-order valence-corrected chi connectivity index (χ3v) is 7.65. The lowest BCUT2D eigenvalue weighted by atomic mass is 9.93. The Morgan fingerprint density at radius 1 is 0.889 bits per heavy atom. The standard InChI is InChI=1S/C30H35N3O3/c1-36-26-9-4-6-22(20-26)21-32-16-14-25(15-17-32)31-29(34)24-12-18-33(19-13-24)30(35)28-11-5-8-23-7-2-3-10-27(23)28/h2-11,20,24-25H,12-19,21H2,1H3,(H,31,34). The first-order valence-electron chi connectivity index (χ1n) is 13.0. The summed E-state index contributed by atoms with van der Waals surface area (Å²) in [6.07, 6.45) is 3.37. The summed E-state index contributed by atoms with van der Waals surface area (Å²) in [5.74, 6) is 1.09. The van der Waals surface area contributed by atoms with Crippen LogP contribution in [0.5, 0.6) is 5.75 Å². The molecule has 0 unspecified atom stereocenters. The minimum Gasteiger partial charge on any atom is -0.497 e. The highest BCUT2D eigenvalue weighted by molar-refractivity contribution is 6.07. The van der Waals surface area contributed by atoms with Crippen molar-refractivity contribution in [3.8, 4) is 5.75 Å². The number of nitrogens with zero attached hydrogens (tertiary/aromatic N) is 2. The zero-order valence-corrected chi connectivity index (χ0v) is 21.0. The summed E-state index contributed by atoms with van der Waals surface area (Å²) in [6, 6.07) is 22.3. The predicted molar refractivity (Wildman–Crippen MR) is 142 cm³/mol. The first-order valence-corrected chi connectivity index (χ1v) is 13.0. The lowest BCUT2D eigenvalue weighted by molar-refractivity contribution is -0.127. The van der Waals surface area contributed by atoms with Crippen LogP contribution in [0.3, 0.4) is 0 Å². The molecule has 3 aromatic rings. The highest BCUT2D eigenvalue weighted by Gasteiger charge is 2.30. The summed E-state index contributed by atoms with van der Waals surface area (Å²) in [4.78, 5) is 30.6. The van der Waals surface area contributed by atoms with Gasteiger partial charge in [0, 0.05) is 50.2 Å². The van der Waals surface area contributed by atoms with E-state index in [2.05, 4.69) is 22.3 Å². The summed E-state index contributed by atoms with van der Waals surface area (Å²) in [5.41, 5.74) is 2.00. The predicted octanol–water partition coefficient (Wildman–Crippen LogP) is 4.48. The molecule has 2 heterocycles. The summed E-state index contributed by atoms with van der Waals surface area (Å²) >= 11 is 0. The maximum atomic E-state index is 13.2. The van der Waals surface area contributed by atoms with Gasteiger partial charge in [0.1, 0.15) is 5.75 Å². The number of methoxy groups -OCH3 is 1. The van der Waals surface area contributed by atoms with Crippen molar-refractivity contribution in [1.82, 2.24) is 15.1 Å². The molecule has 188 valence electrons. The molecule has 2 fully saturated rings. The number of rotatable bonds is 6. The van der Waals surface area contributed by atoms with Gasteiger partial charge in [0.2, 0.25) is 5.91 Å². The number of carbonyl (C=O) groups excluding carboxylic acids is 2. The van der Waals surface area contributed by atoms with Gasteiger partial charge in [-0.05, 0) is 60.2 Å². The van der Waals surface area contributed by atoms with Gasteiger partial charge in [-0.25, -0.2) is 0 Å². The van der Waals surface area contributed by atoms with Crippen LogP contribution in [0.2, 0.25) is 0 Å². The number of nitrogens with one attached hydrogen (secondary N) is 1. The number of likely N-dealkylation sites (tertiary alicyclic amines) is 2. The fourth-order valence-electron chi connectivity index (χ4n) is 5.51. The lowest BCUT2D eigenvalue weighted by Crippen LogP contribution is -2.48. The van der Waals surface area contributed by atoms with Gasteiger partial charge >= 0.3 is 0 Å². The third kappa shape index (κ3) is 5.54. The Hall–Kier alpha value is -3.38. The van der Waals surface area contributed by atoms with Crippen LogP contribution in [0.1, 0.15) is 41.6 Å². The molecule has 1 N–H and O–H groups in total. The highest BCUT2D eigenvalue weighted by atomic mass is 16.5. The molecule has 2 saturated heterocycles. The Bertz CT molecular complexity index is 1210. The van der Waals surface area contributed by atoms with Crippen LogP contribution >= 0.6 is 0 Å². The molecule has 2 aliphatic heterocycles. The molecule has 2 amide bonds. The third-order valence-electron chi connectivity index (χ3n) is 7.65. The maximum Gasteiger partial charge on any atom is 0.254 e. The summed E-state index contributed by atoms with van der Waals surface area (Å²) < 4.78 is 5.33. The van der Waals surface area contributed by atoms with Gasteiger partial charge in [0.15, 0.2) is 0 Å². The van der Waals surface area contributed by atoms with Gasteiger partial charge in [0.05, 0.1) is 7.11 Å². The number of hydrogen-bond acceptors (Lipinski definition) is 4. The fourth-order valence-corrected chi connectivity index (χ4v) is 5.51. The molecular formula is C30H35N3O3. The molecule has 0 bridgehead atoms. The molecule has 3 aromatic carbocycles. The molecule has 0 aliphatic carbocycles. The molecule has 0 atom stereocenters. The van der Waals surface area contributed by atoms with E-state index in [0.717, 1.165) is 67.4 Å². The first kappa shape index (κ1) is 24.3. The van der Waals surface area contributed by atoms with Crippen molar-refractivity contribution in [1.29, 1.82) is 0 Å². The van der Waals surface area contributed by atoms with Gasteiger partial charge in [-0.3, -0.25) is 14.5 Å². The van der Waals surface area contributed by atoms with Crippen LogP contribution in [-0.4, -0.2) is 60.9 Å².